The summed E-state index contributed by atoms with van der Waals surface area (Å²) in [4.78, 5) is 27.2. The Balaban J connectivity index is 1.83. The molecule has 2 N–H and O–H groups in total. The second-order valence-electron chi connectivity index (χ2n) is 7.19. The molecule has 0 saturated carbocycles. The molecular weight excluding hydrogens is 394 g/mol. The number of hydrogen-bond acceptors (Lipinski definition) is 5. The molecule has 2 aliphatic heterocycles. The van der Waals surface area contributed by atoms with Gasteiger partial charge in [-0.15, -0.1) is 0 Å². The van der Waals surface area contributed by atoms with E-state index >= 15 is 0 Å². The molecule has 2 heterocycles. The first-order chi connectivity index (χ1) is 14.0. The summed E-state index contributed by atoms with van der Waals surface area (Å²) in [7, 11) is 0. The number of likely N-dealkylation sites (tertiary alicyclic amines) is 1. The zero-order valence-corrected chi connectivity index (χ0v) is 16.3. The van der Waals surface area contributed by atoms with Crippen LogP contribution in [0.5, 0.6) is 5.75 Å². The Morgan fingerprint density at radius 3 is 2.59 bits per heavy atom. The van der Waals surface area contributed by atoms with E-state index < -0.39 is 17.7 Å². The van der Waals surface area contributed by atoms with Gasteiger partial charge in [-0.2, -0.15) is 0 Å². The third-order valence-corrected chi connectivity index (χ3v) is 5.52. The molecular formula is C22H20ClNO5. The number of benzene rings is 2. The maximum Gasteiger partial charge on any atom is 0.295 e. The number of nitrogens with zero attached hydrogens (tertiary/aromatic N) is 1. The van der Waals surface area contributed by atoms with E-state index in [1.807, 2.05) is 0 Å². The van der Waals surface area contributed by atoms with Crippen LogP contribution in [0.3, 0.4) is 0 Å². The molecule has 29 heavy (non-hydrogen) atoms. The fraction of sp³-hybridized carbons (Fsp3) is 0.273. The van der Waals surface area contributed by atoms with E-state index in [1.54, 1.807) is 36.4 Å². The molecule has 7 heteroatoms. The SMILES string of the molecule is O=C1C(=O)N(C[C@@H]2CCCO2)[C@H](c2cccc(O)c2)/C1=C(\O)c1ccc(Cl)cc1. The van der Waals surface area contributed by atoms with E-state index in [1.165, 1.54) is 17.0 Å². The van der Waals surface area contributed by atoms with Crippen LogP contribution in [0.2, 0.25) is 5.02 Å². The first-order valence-electron chi connectivity index (χ1n) is 9.40. The summed E-state index contributed by atoms with van der Waals surface area (Å²) in [5.74, 6) is -1.71. The molecule has 0 aromatic heterocycles. The van der Waals surface area contributed by atoms with E-state index in [9.17, 15) is 19.8 Å². The van der Waals surface area contributed by atoms with Gasteiger partial charge in [0.15, 0.2) is 0 Å². The van der Waals surface area contributed by atoms with Crippen LogP contribution < -0.4 is 0 Å². The number of Topliss-reactive ketones (excluding diaryl/α,β-unsaturated/α-hetero) is 1. The molecule has 2 saturated heterocycles. The Kier molecular flexibility index (Phi) is 5.30. The Morgan fingerprint density at radius 2 is 1.93 bits per heavy atom. The fourth-order valence-corrected chi connectivity index (χ4v) is 4.01. The maximum atomic E-state index is 12.9. The molecule has 2 fully saturated rings. The van der Waals surface area contributed by atoms with Crippen molar-refractivity contribution in [3.63, 3.8) is 0 Å². The number of carbonyl (C=O) groups excluding carboxylic acids is 2. The summed E-state index contributed by atoms with van der Waals surface area (Å²) in [5, 5.41) is 21.4. The first kappa shape index (κ1) is 19.5. The Bertz CT molecular complexity index is 979. The molecule has 4 rings (SSSR count). The van der Waals surface area contributed by atoms with Crippen molar-refractivity contribution in [3.05, 3.63) is 70.3 Å². The number of rotatable bonds is 4. The molecule has 0 unspecified atom stereocenters. The summed E-state index contributed by atoms with van der Waals surface area (Å²) in [6.45, 7) is 0.860. The molecule has 1 amide bonds. The van der Waals surface area contributed by atoms with Gasteiger partial charge in [-0.25, -0.2) is 0 Å². The van der Waals surface area contributed by atoms with Crippen LogP contribution in [-0.4, -0.2) is 46.1 Å². The second-order valence-corrected chi connectivity index (χ2v) is 7.62. The number of amides is 1. The van der Waals surface area contributed by atoms with Crippen LogP contribution in [0, 0.1) is 0 Å². The molecule has 2 aliphatic rings. The lowest BCUT2D eigenvalue weighted by molar-refractivity contribution is -0.140. The van der Waals surface area contributed by atoms with Crippen molar-refractivity contribution in [1.29, 1.82) is 0 Å². The third kappa shape index (κ3) is 3.73. The standard InChI is InChI=1S/C22H20ClNO5/c23-15-8-6-13(7-9-15)20(26)18-19(14-3-1-4-16(25)11-14)24(22(28)21(18)27)12-17-5-2-10-29-17/h1,3-4,6-9,11,17,19,25-26H,2,5,10,12H2/b20-18+/t17-,19+/m0/s1. The van der Waals surface area contributed by atoms with Crippen molar-refractivity contribution >= 4 is 29.1 Å². The summed E-state index contributed by atoms with van der Waals surface area (Å²) in [6.07, 6.45) is 1.53. The highest BCUT2D eigenvalue weighted by molar-refractivity contribution is 6.46. The van der Waals surface area contributed by atoms with E-state index in [4.69, 9.17) is 16.3 Å². The van der Waals surface area contributed by atoms with Crippen LogP contribution in [0.15, 0.2) is 54.1 Å². The fourth-order valence-electron chi connectivity index (χ4n) is 3.88. The van der Waals surface area contributed by atoms with Crippen molar-refractivity contribution in [2.75, 3.05) is 13.2 Å². The van der Waals surface area contributed by atoms with Gasteiger partial charge in [-0.1, -0.05) is 23.7 Å². The van der Waals surface area contributed by atoms with Crippen molar-refractivity contribution in [2.24, 2.45) is 0 Å². The number of phenolic OH excluding ortho intramolecular Hbond substituents is 1. The zero-order valence-electron chi connectivity index (χ0n) is 15.5. The Morgan fingerprint density at radius 1 is 1.17 bits per heavy atom. The number of ether oxygens (including phenoxy) is 1. The number of aliphatic hydroxyl groups is 1. The van der Waals surface area contributed by atoms with Crippen molar-refractivity contribution < 1.29 is 24.5 Å². The van der Waals surface area contributed by atoms with Gasteiger partial charge in [-0.3, -0.25) is 9.59 Å². The monoisotopic (exact) mass is 413 g/mol. The van der Waals surface area contributed by atoms with Crippen LogP contribution in [0.25, 0.3) is 5.76 Å². The number of ketones is 1. The van der Waals surface area contributed by atoms with Crippen molar-refractivity contribution in [3.8, 4) is 5.75 Å². The highest BCUT2D eigenvalue weighted by Gasteiger charge is 2.47. The van der Waals surface area contributed by atoms with Gasteiger partial charge in [0.1, 0.15) is 11.5 Å². The van der Waals surface area contributed by atoms with Crippen molar-refractivity contribution in [1.82, 2.24) is 4.90 Å². The van der Waals surface area contributed by atoms with Crippen LogP contribution in [0.4, 0.5) is 0 Å². The predicted octanol–water partition coefficient (Wildman–Crippen LogP) is 3.65. The minimum absolute atomic E-state index is 0.0108. The molecule has 0 radical (unpaired) electrons. The summed E-state index contributed by atoms with van der Waals surface area (Å²) in [5.41, 5.74) is 0.910. The van der Waals surface area contributed by atoms with Gasteiger partial charge in [0.25, 0.3) is 11.7 Å². The molecule has 0 aliphatic carbocycles. The topological polar surface area (TPSA) is 87.1 Å². The zero-order chi connectivity index (χ0) is 20.5. The smallest absolute Gasteiger partial charge is 0.295 e. The number of halogens is 1. The van der Waals surface area contributed by atoms with Gasteiger partial charge < -0.3 is 19.8 Å². The summed E-state index contributed by atoms with van der Waals surface area (Å²) >= 11 is 5.92. The van der Waals surface area contributed by atoms with Gasteiger partial charge >= 0.3 is 0 Å². The average Bonchev–Trinajstić information content (AvgIpc) is 3.30. The maximum absolute atomic E-state index is 12.9. The normalized spacial score (nSPS) is 23.7. The largest absolute Gasteiger partial charge is 0.508 e. The molecule has 2 aromatic carbocycles. The summed E-state index contributed by atoms with van der Waals surface area (Å²) < 4.78 is 5.65. The van der Waals surface area contributed by atoms with Gasteiger partial charge in [0.05, 0.1) is 17.7 Å². The van der Waals surface area contributed by atoms with Gasteiger partial charge in [-0.05, 0) is 54.8 Å². The number of hydrogen-bond donors (Lipinski definition) is 2. The third-order valence-electron chi connectivity index (χ3n) is 5.27. The molecule has 2 atom stereocenters. The molecule has 6 nitrogen and oxygen atoms in total. The molecule has 2 aromatic rings. The highest BCUT2D eigenvalue weighted by atomic mass is 35.5. The van der Waals surface area contributed by atoms with E-state index in [0.717, 1.165) is 12.8 Å². The first-order valence-corrected chi connectivity index (χ1v) is 9.78. The molecule has 0 bridgehead atoms. The number of phenols is 1. The minimum Gasteiger partial charge on any atom is -0.508 e. The Labute approximate surface area is 173 Å². The van der Waals surface area contributed by atoms with Gasteiger partial charge in [0, 0.05) is 23.7 Å². The minimum atomic E-state index is -0.818. The van der Waals surface area contributed by atoms with Crippen LogP contribution in [-0.2, 0) is 14.3 Å². The number of carbonyl (C=O) groups is 2. The van der Waals surface area contributed by atoms with Gasteiger partial charge in [0.2, 0.25) is 0 Å². The number of aromatic hydroxyl groups is 1. The quantitative estimate of drug-likeness (QED) is 0.454. The highest BCUT2D eigenvalue weighted by Crippen LogP contribution is 2.40. The van der Waals surface area contributed by atoms with E-state index in [2.05, 4.69) is 0 Å². The second kappa shape index (κ2) is 7.89. The lowest BCUT2D eigenvalue weighted by Gasteiger charge is -2.27. The van der Waals surface area contributed by atoms with Crippen molar-refractivity contribution in [2.45, 2.75) is 25.0 Å². The lowest BCUT2D eigenvalue weighted by atomic mass is 9.95. The number of aliphatic hydroxyl groups excluding tert-OH is 1. The van der Waals surface area contributed by atoms with E-state index in [-0.39, 0.29) is 29.7 Å². The van der Waals surface area contributed by atoms with Crippen LogP contribution in [0.1, 0.15) is 30.0 Å². The van der Waals surface area contributed by atoms with Crippen LogP contribution >= 0.6 is 11.6 Å². The average molecular weight is 414 g/mol. The Hall–Kier alpha value is -2.83. The summed E-state index contributed by atoms with van der Waals surface area (Å²) in [6, 6.07) is 11.9. The lowest BCUT2D eigenvalue weighted by Crippen LogP contribution is -2.36. The molecule has 150 valence electrons. The predicted molar refractivity (Wildman–Crippen MR) is 108 cm³/mol. The molecule has 0 spiro atoms. The van der Waals surface area contributed by atoms with E-state index in [0.29, 0.717) is 22.8 Å².